The van der Waals surface area contributed by atoms with Crippen molar-refractivity contribution in [3.8, 4) is 0 Å². The molecule has 0 saturated carbocycles. The molecule has 0 aliphatic carbocycles. The highest BCUT2D eigenvalue weighted by molar-refractivity contribution is 9.10. The zero-order valence-corrected chi connectivity index (χ0v) is 14.5. The van der Waals surface area contributed by atoms with Crippen LogP contribution in [0, 0.1) is 0 Å². The molecule has 0 aromatic heterocycles. The van der Waals surface area contributed by atoms with Crippen LogP contribution in [0.4, 0.5) is 0 Å². The molecule has 8 heteroatoms. The number of rotatable bonds is 3. The molecule has 6 nitrogen and oxygen atoms in total. The Morgan fingerprint density at radius 2 is 1.86 bits per heavy atom. The third-order valence-corrected chi connectivity index (χ3v) is 7.04. The van der Waals surface area contributed by atoms with Crippen molar-refractivity contribution in [2.24, 2.45) is 0 Å². The van der Waals surface area contributed by atoms with Crippen LogP contribution in [0.1, 0.15) is 0 Å². The van der Waals surface area contributed by atoms with Crippen molar-refractivity contribution in [3.63, 3.8) is 0 Å². The quantitative estimate of drug-likeness (QED) is 0.814. The minimum Gasteiger partial charge on any atom is -0.390 e. The minimum atomic E-state index is -3.61. The number of nitrogens with zero attached hydrogens (tertiary/aromatic N) is 2. The Labute approximate surface area is 138 Å². The maximum absolute atomic E-state index is 12.8. The molecule has 122 valence electrons. The van der Waals surface area contributed by atoms with Crippen LogP contribution in [0.5, 0.6) is 0 Å². The lowest BCUT2D eigenvalue weighted by Gasteiger charge is -2.33. The molecule has 22 heavy (non-hydrogen) atoms. The van der Waals surface area contributed by atoms with Crippen LogP contribution < -0.4 is 0 Å². The summed E-state index contributed by atoms with van der Waals surface area (Å²) in [5.74, 6) is 0. The molecule has 2 atom stereocenters. The Hall–Kier alpha value is -0.510. The van der Waals surface area contributed by atoms with Gasteiger partial charge in [0.05, 0.1) is 30.3 Å². The first-order chi connectivity index (χ1) is 10.5. The second kappa shape index (κ2) is 6.54. The van der Waals surface area contributed by atoms with E-state index < -0.39 is 16.1 Å². The topological polar surface area (TPSA) is 70.1 Å². The van der Waals surface area contributed by atoms with E-state index in [1.54, 1.807) is 24.3 Å². The molecule has 0 bridgehead atoms. The standard InChI is InChI=1S/C14H19BrN2O4S/c15-11-3-1-2-4-14(11)22(19,20)17-9-12(13(18)10-17)16-5-7-21-8-6-16/h1-4,12-13,18H,5-10H2/t12?,13-/m0/s1. The summed E-state index contributed by atoms with van der Waals surface area (Å²) in [4.78, 5) is 2.36. The summed E-state index contributed by atoms with van der Waals surface area (Å²) in [6, 6.07) is 6.59. The van der Waals surface area contributed by atoms with E-state index in [1.165, 1.54) is 4.31 Å². The van der Waals surface area contributed by atoms with Gasteiger partial charge in [0.1, 0.15) is 0 Å². The zero-order valence-electron chi connectivity index (χ0n) is 12.1. The maximum Gasteiger partial charge on any atom is 0.244 e. The van der Waals surface area contributed by atoms with E-state index in [0.29, 0.717) is 24.2 Å². The summed E-state index contributed by atoms with van der Waals surface area (Å²) in [5, 5.41) is 10.3. The van der Waals surface area contributed by atoms with Crippen molar-refractivity contribution in [1.82, 2.24) is 9.21 Å². The molecule has 2 heterocycles. The molecule has 2 fully saturated rings. The number of halogens is 1. The van der Waals surface area contributed by atoms with Gasteiger partial charge in [0.15, 0.2) is 0 Å². The Morgan fingerprint density at radius 1 is 1.18 bits per heavy atom. The van der Waals surface area contributed by atoms with E-state index >= 15 is 0 Å². The number of hydrogen-bond acceptors (Lipinski definition) is 5. The number of β-amino-alcohol motifs (C(OH)–C–C–N with tert-alkyl or cyclic N) is 1. The molecule has 2 saturated heterocycles. The van der Waals surface area contributed by atoms with Gasteiger partial charge in [0.2, 0.25) is 10.0 Å². The highest BCUT2D eigenvalue weighted by Crippen LogP contribution is 2.28. The van der Waals surface area contributed by atoms with Gasteiger partial charge in [0.25, 0.3) is 0 Å². The summed E-state index contributed by atoms with van der Waals surface area (Å²) in [6.07, 6.45) is -0.671. The van der Waals surface area contributed by atoms with Crippen molar-refractivity contribution in [2.45, 2.75) is 17.0 Å². The highest BCUT2D eigenvalue weighted by Gasteiger charge is 2.41. The van der Waals surface area contributed by atoms with E-state index in [4.69, 9.17) is 4.74 Å². The number of morpholine rings is 1. The smallest absolute Gasteiger partial charge is 0.244 e. The fourth-order valence-corrected chi connectivity index (χ4v) is 5.43. The first kappa shape index (κ1) is 16.4. The van der Waals surface area contributed by atoms with Crippen molar-refractivity contribution in [1.29, 1.82) is 0 Å². The van der Waals surface area contributed by atoms with Crippen LogP contribution >= 0.6 is 15.9 Å². The van der Waals surface area contributed by atoms with Crippen LogP contribution in [0.25, 0.3) is 0 Å². The molecule has 1 unspecified atom stereocenters. The number of aliphatic hydroxyl groups excluding tert-OH is 1. The Kier molecular flexibility index (Phi) is 4.86. The minimum absolute atomic E-state index is 0.131. The van der Waals surface area contributed by atoms with Gasteiger partial charge in [-0.05, 0) is 28.1 Å². The van der Waals surface area contributed by atoms with Crippen molar-refractivity contribution in [3.05, 3.63) is 28.7 Å². The normalized spacial score (nSPS) is 28.1. The van der Waals surface area contributed by atoms with Gasteiger partial charge in [-0.1, -0.05) is 12.1 Å². The van der Waals surface area contributed by atoms with Gasteiger partial charge in [-0.25, -0.2) is 8.42 Å². The van der Waals surface area contributed by atoms with Gasteiger partial charge in [0, 0.05) is 30.7 Å². The third kappa shape index (κ3) is 3.08. The fourth-order valence-electron chi connectivity index (χ4n) is 2.99. The molecule has 1 aromatic carbocycles. The van der Waals surface area contributed by atoms with Crippen molar-refractivity contribution < 1.29 is 18.3 Å². The van der Waals surface area contributed by atoms with E-state index in [1.807, 2.05) is 0 Å². The predicted molar refractivity (Wildman–Crippen MR) is 85.1 cm³/mol. The van der Waals surface area contributed by atoms with Gasteiger partial charge in [-0.2, -0.15) is 4.31 Å². The number of hydrogen-bond donors (Lipinski definition) is 1. The largest absolute Gasteiger partial charge is 0.390 e. The summed E-state index contributed by atoms with van der Waals surface area (Å²) < 4.78 is 32.8. The Balaban J connectivity index is 1.80. The average molecular weight is 391 g/mol. The van der Waals surface area contributed by atoms with E-state index in [9.17, 15) is 13.5 Å². The predicted octanol–water partition coefficient (Wildman–Crippen LogP) is 0.515. The summed E-state index contributed by atoms with van der Waals surface area (Å²) >= 11 is 3.29. The molecule has 0 spiro atoms. The van der Waals surface area contributed by atoms with Crippen LogP contribution in [0.2, 0.25) is 0 Å². The SMILES string of the molecule is O=S(=O)(c1ccccc1Br)N1CC(N2CCOCC2)[C@@H](O)C1. The molecule has 2 aliphatic heterocycles. The molecule has 0 radical (unpaired) electrons. The summed E-state index contributed by atoms with van der Waals surface area (Å²) in [7, 11) is -3.61. The number of aliphatic hydroxyl groups is 1. The van der Waals surface area contributed by atoms with Gasteiger partial charge in [-0.3, -0.25) is 4.90 Å². The molecule has 1 N–H and O–H groups in total. The number of ether oxygens (including phenoxy) is 1. The molecule has 2 aliphatic rings. The van der Waals surface area contributed by atoms with Crippen LogP contribution in [-0.2, 0) is 14.8 Å². The molecular weight excluding hydrogens is 372 g/mol. The van der Waals surface area contributed by atoms with E-state index in [-0.39, 0.29) is 17.5 Å². The number of benzene rings is 1. The first-order valence-corrected chi connectivity index (χ1v) is 9.48. The van der Waals surface area contributed by atoms with Gasteiger partial charge >= 0.3 is 0 Å². The highest BCUT2D eigenvalue weighted by atomic mass is 79.9. The molecule has 0 amide bonds. The van der Waals surface area contributed by atoms with Gasteiger partial charge < -0.3 is 9.84 Å². The second-order valence-corrected chi connectivity index (χ2v) is 8.30. The zero-order chi connectivity index (χ0) is 15.7. The van der Waals surface area contributed by atoms with Crippen molar-refractivity contribution in [2.75, 3.05) is 39.4 Å². The van der Waals surface area contributed by atoms with Crippen LogP contribution in [0.3, 0.4) is 0 Å². The monoisotopic (exact) mass is 390 g/mol. The Morgan fingerprint density at radius 3 is 2.55 bits per heavy atom. The average Bonchev–Trinajstić information content (AvgIpc) is 2.91. The molecule has 1 aromatic rings. The van der Waals surface area contributed by atoms with Crippen LogP contribution in [0.15, 0.2) is 33.6 Å². The fraction of sp³-hybridized carbons (Fsp3) is 0.571. The lowest BCUT2D eigenvalue weighted by Crippen LogP contribution is -2.49. The molecule has 3 rings (SSSR count). The lowest BCUT2D eigenvalue weighted by molar-refractivity contribution is -0.00602. The lowest BCUT2D eigenvalue weighted by atomic mass is 10.2. The van der Waals surface area contributed by atoms with E-state index in [2.05, 4.69) is 20.8 Å². The summed E-state index contributed by atoms with van der Waals surface area (Å²) in [5.41, 5.74) is 0. The number of sulfonamides is 1. The van der Waals surface area contributed by atoms with Crippen molar-refractivity contribution >= 4 is 26.0 Å². The molecular formula is C14H19BrN2O4S. The van der Waals surface area contributed by atoms with E-state index in [0.717, 1.165) is 13.1 Å². The Bertz CT molecular complexity index is 633. The second-order valence-electron chi connectivity index (χ2n) is 5.54. The first-order valence-electron chi connectivity index (χ1n) is 7.24. The van der Waals surface area contributed by atoms with Crippen LogP contribution in [-0.4, -0.2) is 74.3 Å². The third-order valence-electron chi connectivity index (χ3n) is 4.19. The summed E-state index contributed by atoms with van der Waals surface area (Å²) in [6.45, 7) is 3.15. The maximum atomic E-state index is 12.8. The van der Waals surface area contributed by atoms with Gasteiger partial charge in [-0.15, -0.1) is 0 Å².